The number of aromatic nitrogens is 2. The number of fused-ring (bicyclic) bond motifs is 1. The van der Waals surface area contributed by atoms with Crippen LogP contribution in [0.4, 0.5) is 65.7 Å². The van der Waals surface area contributed by atoms with Crippen molar-refractivity contribution >= 4 is 46.5 Å². The van der Waals surface area contributed by atoms with Crippen molar-refractivity contribution in [1.82, 2.24) is 9.97 Å². The van der Waals surface area contributed by atoms with E-state index in [4.69, 9.17) is 0 Å². The van der Waals surface area contributed by atoms with Crippen molar-refractivity contribution in [3.63, 3.8) is 0 Å². The van der Waals surface area contributed by atoms with Crippen LogP contribution in [0.5, 0.6) is 0 Å². The Bertz CT molecular complexity index is 1760. The summed E-state index contributed by atoms with van der Waals surface area (Å²) >= 11 is 0. The van der Waals surface area contributed by atoms with Crippen molar-refractivity contribution in [2.75, 3.05) is 39.8 Å². The normalized spacial score (nSPS) is 13.2. The van der Waals surface area contributed by atoms with Gasteiger partial charge in [-0.15, -0.1) is 0 Å². The minimum atomic E-state index is -5.11. The molecule has 45 heavy (non-hydrogen) atoms. The van der Waals surface area contributed by atoms with Gasteiger partial charge in [-0.2, -0.15) is 31.3 Å². The lowest BCUT2D eigenvalue weighted by molar-refractivity contribution is -0.143. The predicted octanol–water partition coefficient (Wildman–Crippen LogP) is 7.44. The lowest BCUT2D eigenvalue weighted by atomic mass is 10.0. The minimum absolute atomic E-state index is 0.0401. The number of nitrogens with zero attached hydrogens (tertiary/aromatic N) is 4. The Hall–Kier alpha value is -5.34. The molecule has 0 bridgehead atoms. The van der Waals surface area contributed by atoms with Crippen LogP contribution in [0, 0.1) is 6.92 Å². The number of benzene rings is 3. The van der Waals surface area contributed by atoms with Crippen molar-refractivity contribution in [3.8, 4) is 0 Å². The number of carbonyl (C=O) groups excluding carboxylic acids is 2. The largest absolute Gasteiger partial charge is 0.416 e. The third-order valence-electron chi connectivity index (χ3n) is 6.89. The SMILES string of the molecule is Cc1ccc(NC(=O)c2cc(C(F)(F)F)cc(C(F)(F)F)c2)cc1N1Cc2cnc(Nc3cccc(N(C)C)c3)nc2NC1=O. The van der Waals surface area contributed by atoms with E-state index in [2.05, 4.69) is 25.9 Å². The van der Waals surface area contributed by atoms with Crippen molar-refractivity contribution in [2.24, 2.45) is 0 Å². The van der Waals surface area contributed by atoms with Crippen molar-refractivity contribution in [1.29, 1.82) is 0 Å². The lowest BCUT2D eigenvalue weighted by Crippen LogP contribution is -2.39. The van der Waals surface area contributed by atoms with E-state index in [-0.39, 0.29) is 30.1 Å². The first-order valence-corrected chi connectivity index (χ1v) is 13.3. The minimum Gasteiger partial charge on any atom is -0.378 e. The molecule has 3 aromatic carbocycles. The van der Waals surface area contributed by atoms with Crippen LogP contribution >= 0.6 is 0 Å². The van der Waals surface area contributed by atoms with Gasteiger partial charge in [-0.05, 0) is 61.0 Å². The molecule has 1 aliphatic heterocycles. The van der Waals surface area contributed by atoms with Gasteiger partial charge in [-0.1, -0.05) is 12.1 Å². The molecule has 3 N–H and O–H groups in total. The van der Waals surface area contributed by atoms with Crippen LogP contribution in [0.3, 0.4) is 0 Å². The number of urea groups is 1. The van der Waals surface area contributed by atoms with E-state index in [0.717, 1.165) is 11.4 Å². The fraction of sp³-hybridized carbons (Fsp3) is 0.200. The lowest BCUT2D eigenvalue weighted by Gasteiger charge is -2.30. The Labute approximate surface area is 252 Å². The number of anilines is 6. The number of halogens is 6. The third kappa shape index (κ3) is 6.92. The highest BCUT2D eigenvalue weighted by molar-refractivity contribution is 6.07. The number of alkyl halides is 6. The van der Waals surface area contributed by atoms with E-state index in [1.165, 1.54) is 17.0 Å². The van der Waals surface area contributed by atoms with Crippen LogP contribution in [0.2, 0.25) is 0 Å². The fourth-order valence-corrected chi connectivity index (χ4v) is 4.55. The summed E-state index contributed by atoms with van der Waals surface area (Å²) in [6.07, 6.45) is -8.67. The molecule has 0 radical (unpaired) electrons. The Morgan fingerprint density at radius 1 is 0.933 bits per heavy atom. The van der Waals surface area contributed by atoms with Crippen LogP contribution in [-0.4, -0.2) is 36.0 Å². The van der Waals surface area contributed by atoms with Crippen molar-refractivity contribution in [2.45, 2.75) is 25.8 Å². The first-order chi connectivity index (χ1) is 21.1. The Kier molecular flexibility index (Phi) is 8.04. The second-order valence-electron chi connectivity index (χ2n) is 10.4. The summed E-state index contributed by atoms with van der Waals surface area (Å²) in [6, 6.07) is 12.0. The van der Waals surface area contributed by atoms with Crippen LogP contribution < -0.4 is 25.8 Å². The van der Waals surface area contributed by atoms with Gasteiger partial charge in [0.25, 0.3) is 5.91 Å². The molecule has 15 heteroatoms. The summed E-state index contributed by atoms with van der Waals surface area (Å²) in [6.45, 7) is 1.73. The third-order valence-corrected chi connectivity index (χ3v) is 6.89. The zero-order valence-corrected chi connectivity index (χ0v) is 23.9. The van der Waals surface area contributed by atoms with E-state index in [9.17, 15) is 35.9 Å². The van der Waals surface area contributed by atoms with E-state index in [1.54, 1.807) is 19.2 Å². The van der Waals surface area contributed by atoms with Gasteiger partial charge < -0.3 is 15.5 Å². The molecule has 0 spiro atoms. The highest BCUT2D eigenvalue weighted by Crippen LogP contribution is 2.37. The van der Waals surface area contributed by atoms with E-state index in [0.29, 0.717) is 28.9 Å². The molecule has 1 aliphatic rings. The molecule has 3 amide bonds. The highest BCUT2D eigenvalue weighted by Gasteiger charge is 2.37. The second-order valence-corrected chi connectivity index (χ2v) is 10.4. The number of hydrogen-bond donors (Lipinski definition) is 3. The van der Waals surface area contributed by atoms with E-state index < -0.39 is 41.0 Å². The summed E-state index contributed by atoms with van der Waals surface area (Å²) in [5, 5.41) is 8.14. The summed E-state index contributed by atoms with van der Waals surface area (Å²) in [5.41, 5.74) is -0.823. The van der Waals surface area contributed by atoms with Crippen LogP contribution in [0.15, 0.2) is 66.9 Å². The zero-order chi connectivity index (χ0) is 32.7. The average Bonchev–Trinajstić information content (AvgIpc) is 2.97. The first kappa shape index (κ1) is 31.1. The molecule has 0 unspecified atom stereocenters. The summed E-state index contributed by atoms with van der Waals surface area (Å²) in [4.78, 5) is 38.0. The average molecular weight is 630 g/mol. The summed E-state index contributed by atoms with van der Waals surface area (Å²) < 4.78 is 79.7. The van der Waals surface area contributed by atoms with Gasteiger partial charge in [-0.3, -0.25) is 15.0 Å². The maximum absolute atomic E-state index is 13.3. The Balaban J connectivity index is 1.36. The van der Waals surface area contributed by atoms with Gasteiger partial charge in [0.1, 0.15) is 5.82 Å². The molecule has 2 heterocycles. The molecule has 234 valence electrons. The highest BCUT2D eigenvalue weighted by atomic mass is 19.4. The van der Waals surface area contributed by atoms with Crippen molar-refractivity contribution in [3.05, 3.63) is 94.7 Å². The molecule has 5 rings (SSSR count). The smallest absolute Gasteiger partial charge is 0.378 e. The molecule has 0 fully saturated rings. The van der Waals surface area contributed by atoms with Gasteiger partial charge in [-0.25, -0.2) is 9.78 Å². The standard InChI is InChI=1S/C30H25F6N7O2/c1-16-7-8-22(38-26(44)17-9-19(29(31,32)33)11-20(10-17)30(34,35)36)13-24(16)43-15-18-14-37-27(40-25(18)41-28(43)45)39-21-5-4-6-23(12-21)42(2)3/h4-14H,15H2,1-3H3,(H,38,44)(H2,37,39,40,41,45). The molecule has 4 aromatic rings. The van der Waals surface area contributed by atoms with Crippen LogP contribution in [0.25, 0.3) is 0 Å². The van der Waals surface area contributed by atoms with Gasteiger partial charge in [0, 0.05) is 48.5 Å². The molecular formula is C30H25F6N7O2. The molecule has 1 aromatic heterocycles. The number of hydrogen-bond acceptors (Lipinski definition) is 6. The fourth-order valence-electron chi connectivity index (χ4n) is 4.55. The van der Waals surface area contributed by atoms with Gasteiger partial charge in [0.05, 0.1) is 23.4 Å². The number of carbonyl (C=O) groups is 2. The first-order valence-electron chi connectivity index (χ1n) is 13.3. The predicted molar refractivity (Wildman–Crippen MR) is 157 cm³/mol. The topological polar surface area (TPSA) is 102 Å². The van der Waals surface area contributed by atoms with Crippen LogP contribution in [0.1, 0.15) is 32.6 Å². The molecule has 0 aliphatic carbocycles. The maximum atomic E-state index is 13.3. The van der Waals surface area contributed by atoms with Crippen molar-refractivity contribution < 1.29 is 35.9 Å². The molecule has 0 saturated heterocycles. The molecule has 0 saturated carbocycles. The molecular weight excluding hydrogens is 604 g/mol. The van der Waals surface area contributed by atoms with Crippen LogP contribution in [-0.2, 0) is 18.9 Å². The van der Waals surface area contributed by atoms with Gasteiger partial charge >= 0.3 is 18.4 Å². The zero-order valence-electron chi connectivity index (χ0n) is 23.9. The summed E-state index contributed by atoms with van der Waals surface area (Å²) in [5.74, 6) is -0.661. The number of aryl methyl sites for hydroxylation is 1. The number of amides is 3. The Morgan fingerprint density at radius 3 is 2.27 bits per heavy atom. The number of rotatable bonds is 6. The second kappa shape index (κ2) is 11.6. The molecule has 9 nitrogen and oxygen atoms in total. The van der Waals surface area contributed by atoms with E-state index >= 15 is 0 Å². The molecule has 0 atom stereocenters. The summed E-state index contributed by atoms with van der Waals surface area (Å²) in [7, 11) is 3.81. The van der Waals surface area contributed by atoms with Gasteiger partial charge in [0.15, 0.2) is 0 Å². The van der Waals surface area contributed by atoms with Gasteiger partial charge in [0.2, 0.25) is 5.95 Å². The maximum Gasteiger partial charge on any atom is 0.416 e. The monoisotopic (exact) mass is 629 g/mol. The quantitative estimate of drug-likeness (QED) is 0.192. The van der Waals surface area contributed by atoms with E-state index in [1.807, 2.05) is 43.3 Å². The number of nitrogens with one attached hydrogen (secondary N) is 3. The Morgan fingerprint density at radius 2 is 1.62 bits per heavy atom.